The molecule has 0 spiro atoms. The van der Waals surface area contributed by atoms with Gasteiger partial charge in [0.15, 0.2) is 11.5 Å². The van der Waals surface area contributed by atoms with Crippen molar-refractivity contribution in [2.75, 3.05) is 13.2 Å². The fourth-order valence-corrected chi connectivity index (χ4v) is 7.40. The van der Waals surface area contributed by atoms with Crippen molar-refractivity contribution in [3.63, 3.8) is 0 Å². The van der Waals surface area contributed by atoms with Crippen LogP contribution < -0.4 is 9.47 Å². The molecule has 58 heavy (non-hydrogen) atoms. The van der Waals surface area contributed by atoms with Crippen molar-refractivity contribution >= 4 is 23.8 Å². The van der Waals surface area contributed by atoms with Gasteiger partial charge < -0.3 is 19.7 Å². The van der Waals surface area contributed by atoms with Crippen molar-refractivity contribution in [3.05, 3.63) is 71.8 Å². The number of unbranched alkanes of at least 4 members (excludes halogenated alkanes) is 26. The molecule has 0 aromatic heterocycles. The third-order valence-electron chi connectivity index (χ3n) is 11.1. The largest absolute Gasteiger partial charge is 0.507 e. The Kier molecular flexibility index (Phi) is 27.7. The van der Waals surface area contributed by atoms with E-state index in [2.05, 4.69) is 13.8 Å². The van der Waals surface area contributed by atoms with Gasteiger partial charge in [-0.25, -0.2) is 0 Å². The highest BCUT2D eigenvalue weighted by Crippen LogP contribution is 2.41. The first-order chi connectivity index (χ1) is 28.6. The van der Waals surface area contributed by atoms with E-state index in [9.17, 15) is 10.2 Å². The number of hydrogen-bond donors (Lipinski definition) is 2. The number of aromatic hydroxyl groups is 2. The van der Waals surface area contributed by atoms with Gasteiger partial charge in [0.25, 0.3) is 0 Å². The third-order valence-corrected chi connectivity index (χ3v) is 11.1. The summed E-state index contributed by atoms with van der Waals surface area (Å²) in [6, 6.07) is 18.1. The summed E-state index contributed by atoms with van der Waals surface area (Å²) in [6.07, 6.45) is 40.2. The number of ether oxygens (including phenoxy) is 2. The molecule has 0 radical (unpaired) electrons. The van der Waals surface area contributed by atoms with Gasteiger partial charge in [0.2, 0.25) is 0 Å². The zero-order chi connectivity index (χ0) is 41.1. The molecular weight excluding hydrogens is 717 g/mol. The van der Waals surface area contributed by atoms with E-state index in [-0.39, 0.29) is 11.5 Å². The molecule has 0 aliphatic carbocycles. The van der Waals surface area contributed by atoms with Crippen molar-refractivity contribution in [1.29, 1.82) is 0 Å². The molecule has 3 rings (SSSR count). The zero-order valence-corrected chi connectivity index (χ0v) is 36.7. The first kappa shape index (κ1) is 48.6. The molecule has 2 N–H and O–H groups in total. The van der Waals surface area contributed by atoms with Gasteiger partial charge in [-0.15, -0.1) is 0 Å². The van der Waals surface area contributed by atoms with E-state index < -0.39 is 0 Å². The van der Waals surface area contributed by atoms with Gasteiger partial charge in [0.1, 0.15) is 11.5 Å². The zero-order valence-electron chi connectivity index (χ0n) is 36.7. The Bertz CT molecular complexity index is 1410. The third kappa shape index (κ3) is 22.4. The Labute approximate surface area is 354 Å². The minimum atomic E-state index is 0.160. The summed E-state index contributed by atoms with van der Waals surface area (Å²) < 4.78 is 12.9. The lowest BCUT2D eigenvalue weighted by Crippen LogP contribution is -2.03. The van der Waals surface area contributed by atoms with E-state index in [0.717, 1.165) is 25.7 Å². The molecule has 0 unspecified atom stereocenters. The molecule has 0 saturated heterocycles. The number of phenols is 2. The Morgan fingerprint density at radius 2 is 0.672 bits per heavy atom. The van der Waals surface area contributed by atoms with Crippen LogP contribution in [0.4, 0.5) is 11.4 Å². The van der Waals surface area contributed by atoms with Crippen LogP contribution in [0.15, 0.2) is 70.6 Å². The Morgan fingerprint density at radius 3 is 0.966 bits per heavy atom. The van der Waals surface area contributed by atoms with Crippen molar-refractivity contribution in [3.8, 4) is 23.0 Å². The van der Waals surface area contributed by atoms with Gasteiger partial charge in [-0.3, -0.25) is 9.98 Å². The number of hydrogen-bond acceptors (Lipinski definition) is 6. The monoisotopic (exact) mass is 797 g/mol. The number of benzene rings is 3. The lowest BCUT2D eigenvalue weighted by atomic mass is 10.0. The molecule has 0 aliphatic heterocycles. The van der Waals surface area contributed by atoms with Crippen LogP contribution in [-0.4, -0.2) is 35.9 Å². The van der Waals surface area contributed by atoms with Crippen LogP contribution in [-0.2, 0) is 0 Å². The fourth-order valence-electron chi connectivity index (χ4n) is 7.40. The molecular formula is C52H80N2O4. The van der Waals surface area contributed by atoms with Crippen molar-refractivity contribution < 1.29 is 19.7 Å². The van der Waals surface area contributed by atoms with Gasteiger partial charge >= 0.3 is 0 Å². The highest BCUT2D eigenvalue weighted by Gasteiger charge is 2.13. The first-order valence-electron chi connectivity index (χ1n) is 23.7. The van der Waals surface area contributed by atoms with Crippen molar-refractivity contribution in [2.24, 2.45) is 9.98 Å². The average Bonchev–Trinajstić information content (AvgIpc) is 3.23. The van der Waals surface area contributed by atoms with Crippen LogP contribution in [0.5, 0.6) is 23.0 Å². The van der Waals surface area contributed by atoms with Crippen LogP contribution in [0.3, 0.4) is 0 Å². The molecule has 0 amide bonds. The highest BCUT2D eigenvalue weighted by molar-refractivity contribution is 5.90. The SMILES string of the molecule is CCCCCCCCCCCCCCCCOc1cc(N=Cc2ccccc2O)c(N=Cc2ccccc2O)cc1OCCCCCCCCCCCCCCCC. The van der Waals surface area contributed by atoms with Gasteiger partial charge in [-0.1, -0.05) is 205 Å². The van der Waals surface area contributed by atoms with Gasteiger partial charge in [-0.2, -0.15) is 0 Å². The minimum Gasteiger partial charge on any atom is -0.507 e. The second kappa shape index (κ2) is 33.1. The summed E-state index contributed by atoms with van der Waals surface area (Å²) in [5.74, 6) is 1.64. The Morgan fingerprint density at radius 1 is 0.397 bits per heavy atom. The maximum absolute atomic E-state index is 10.4. The predicted molar refractivity (Wildman–Crippen MR) is 249 cm³/mol. The molecule has 0 aliphatic rings. The van der Waals surface area contributed by atoms with Crippen LogP contribution in [0.1, 0.15) is 205 Å². The highest BCUT2D eigenvalue weighted by atomic mass is 16.5. The first-order valence-corrected chi connectivity index (χ1v) is 23.7. The summed E-state index contributed by atoms with van der Waals surface area (Å²) in [7, 11) is 0. The summed E-state index contributed by atoms with van der Waals surface area (Å²) >= 11 is 0. The molecule has 3 aromatic rings. The number of nitrogens with zero attached hydrogens (tertiary/aromatic N) is 2. The van der Waals surface area contributed by atoms with Crippen LogP contribution in [0.25, 0.3) is 0 Å². The standard InChI is InChI=1S/C52H80N2O4/c1-3-5-7-9-11-13-15-17-19-21-23-25-27-33-39-57-51-41-47(53-43-45-35-29-31-37-49(45)55)48(54-44-46-36-30-32-38-50(46)56)42-52(51)58-40-34-28-26-24-22-20-18-16-14-12-10-8-6-4-2/h29-32,35-38,41-44,55-56H,3-28,33-34,39-40H2,1-2H3. The van der Waals surface area contributed by atoms with Gasteiger partial charge in [0, 0.05) is 35.7 Å². The maximum atomic E-state index is 10.4. The second-order valence-electron chi connectivity index (χ2n) is 16.3. The molecule has 0 atom stereocenters. The van der Waals surface area contributed by atoms with Crippen LogP contribution >= 0.6 is 0 Å². The Hall–Kier alpha value is -3.80. The van der Waals surface area contributed by atoms with E-state index in [4.69, 9.17) is 19.5 Å². The van der Waals surface area contributed by atoms with Gasteiger partial charge in [-0.05, 0) is 37.1 Å². The van der Waals surface area contributed by atoms with Gasteiger partial charge in [0.05, 0.1) is 24.6 Å². The van der Waals surface area contributed by atoms with Crippen molar-refractivity contribution in [2.45, 2.75) is 194 Å². The lowest BCUT2D eigenvalue weighted by molar-refractivity contribution is 0.258. The van der Waals surface area contributed by atoms with Crippen LogP contribution in [0, 0.1) is 0 Å². The predicted octanol–water partition coefficient (Wildman–Crippen LogP) is 16.3. The number of phenolic OH excluding ortho intramolecular Hbond substituents is 2. The molecule has 322 valence electrons. The lowest BCUT2D eigenvalue weighted by Gasteiger charge is -2.15. The van der Waals surface area contributed by atoms with E-state index in [1.54, 1.807) is 36.7 Å². The summed E-state index contributed by atoms with van der Waals surface area (Å²) in [5, 5.41) is 20.8. The minimum absolute atomic E-state index is 0.160. The normalized spacial score (nSPS) is 11.6. The quantitative estimate of drug-likeness (QED) is 0.0453. The fraction of sp³-hybridized carbons (Fsp3) is 0.615. The average molecular weight is 797 g/mol. The topological polar surface area (TPSA) is 83.6 Å². The summed E-state index contributed by atoms with van der Waals surface area (Å²) in [4.78, 5) is 9.55. The molecule has 0 fully saturated rings. The van der Waals surface area contributed by atoms with E-state index in [0.29, 0.717) is 47.2 Å². The molecule has 0 heterocycles. The molecule has 0 saturated carbocycles. The molecule has 3 aromatic carbocycles. The summed E-state index contributed by atoms with van der Waals surface area (Å²) in [6.45, 7) is 5.78. The molecule has 0 bridgehead atoms. The van der Waals surface area contributed by atoms with E-state index >= 15 is 0 Å². The van der Waals surface area contributed by atoms with E-state index in [1.807, 2.05) is 36.4 Å². The number of rotatable bonds is 36. The maximum Gasteiger partial charge on any atom is 0.163 e. The summed E-state index contributed by atoms with van der Waals surface area (Å²) in [5.41, 5.74) is 2.41. The van der Waals surface area contributed by atoms with E-state index in [1.165, 1.54) is 154 Å². The smallest absolute Gasteiger partial charge is 0.163 e. The van der Waals surface area contributed by atoms with Crippen LogP contribution in [0.2, 0.25) is 0 Å². The Balaban J connectivity index is 1.55. The molecule has 6 heteroatoms. The molecule has 6 nitrogen and oxygen atoms in total. The van der Waals surface area contributed by atoms with Crippen molar-refractivity contribution in [1.82, 2.24) is 0 Å². The number of para-hydroxylation sites is 2. The number of aliphatic imine (C=N–C) groups is 2. The second-order valence-corrected chi connectivity index (χ2v) is 16.3.